The van der Waals surface area contributed by atoms with E-state index in [2.05, 4.69) is 20.8 Å². The number of benzene rings is 2. The van der Waals surface area contributed by atoms with E-state index < -0.39 is 17.7 Å². The Morgan fingerprint density at radius 3 is 2.50 bits per heavy atom. The first-order valence-corrected chi connectivity index (χ1v) is 10.1. The molecule has 1 aliphatic rings. The number of aromatic nitrogens is 2. The van der Waals surface area contributed by atoms with Gasteiger partial charge < -0.3 is 24.9 Å². The zero-order valence-electron chi connectivity index (χ0n) is 17.0. The van der Waals surface area contributed by atoms with E-state index in [4.69, 9.17) is 14.3 Å². The van der Waals surface area contributed by atoms with Crippen LogP contribution < -0.4 is 15.4 Å². The standard InChI is InChI=1S/C22H21FN4O5/c23-17-12-16(31-15-8-6-13(7-9-15)21(29)30)10-11-18(17)25-19(28)20-26-27-22(32-20)24-14-4-2-1-3-5-14/h1-5,10-13,15H,6-9H2,(H,24,27)(H,25,28)(H,29,30)/t13-,15-. The Kier molecular flexibility index (Phi) is 6.29. The van der Waals surface area contributed by atoms with E-state index in [9.17, 15) is 14.0 Å². The molecule has 0 atom stereocenters. The van der Waals surface area contributed by atoms with E-state index in [1.54, 1.807) is 12.1 Å². The SMILES string of the molecule is O=C(Nc1ccc(O[C@H]2CC[C@H](C(=O)O)CC2)cc1F)c1nnc(Nc2ccccc2)o1. The fraction of sp³-hybridized carbons (Fsp3) is 0.273. The van der Waals surface area contributed by atoms with Gasteiger partial charge in [-0.25, -0.2) is 4.39 Å². The number of carbonyl (C=O) groups excluding carboxylic acids is 1. The predicted octanol–water partition coefficient (Wildman–Crippen LogP) is 4.23. The molecule has 0 aliphatic heterocycles. The number of aliphatic carboxylic acids is 1. The van der Waals surface area contributed by atoms with E-state index in [0.717, 1.165) is 0 Å². The summed E-state index contributed by atoms with van der Waals surface area (Å²) < 4.78 is 25.5. The molecule has 10 heteroatoms. The summed E-state index contributed by atoms with van der Waals surface area (Å²) in [6.45, 7) is 0. The Hall–Kier alpha value is -3.95. The Bertz CT molecular complexity index is 1100. The van der Waals surface area contributed by atoms with Gasteiger partial charge >= 0.3 is 23.8 Å². The number of nitrogens with zero attached hydrogens (tertiary/aromatic N) is 2. The summed E-state index contributed by atoms with van der Waals surface area (Å²) in [5, 5.41) is 21.7. The van der Waals surface area contributed by atoms with E-state index >= 15 is 0 Å². The third-order valence-electron chi connectivity index (χ3n) is 5.16. The van der Waals surface area contributed by atoms with Crippen molar-refractivity contribution in [1.29, 1.82) is 0 Å². The van der Waals surface area contributed by atoms with Gasteiger partial charge in [0.1, 0.15) is 11.6 Å². The average Bonchev–Trinajstić information content (AvgIpc) is 3.25. The molecule has 9 nitrogen and oxygen atoms in total. The van der Waals surface area contributed by atoms with E-state index in [1.165, 1.54) is 18.2 Å². The zero-order chi connectivity index (χ0) is 22.5. The van der Waals surface area contributed by atoms with Crippen LogP contribution >= 0.6 is 0 Å². The van der Waals surface area contributed by atoms with Gasteiger partial charge in [0.05, 0.1) is 17.7 Å². The topological polar surface area (TPSA) is 127 Å². The van der Waals surface area contributed by atoms with Crippen molar-refractivity contribution in [3.8, 4) is 5.75 Å². The van der Waals surface area contributed by atoms with Crippen molar-refractivity contribution in [2.75, 3.05) is 10.6 Å². The van der Waals surface area contributed by atoms with Gasteiger partial charge in [-0.3, -0.25) is 9.59 Å². The second-order valence-electron chi connectivity index (χ2n) is 7.43. The fourth-order valence-corrected chi connectivity index (χ4v) is 3.48. The van der Waals surface area contributed by atoms with Crippen LogP contribution in [-0.2, 0) is 4.79 Å². The maximum absolute atomic E-state index is 14.5. The Labute approximate surface area is 182 Å². The monoisotopic (exact) mass is 440 g/mol. The lowest BCUT2D eigenvalue weighted by atomic mass is 9.87. The number of ether oxygens (including phenoxy) is 1. The van der Waals surface area contributed by atoms with Crippen LogP contribution in [0.4, 0.5) is 21.8 Å². The normalized spacial score (nSPS) is 18.0. The molecule has 0 bridgehead atoms. The van der Waals surface area contributed by atoms with Crippen LogP contribution in [0, 0.1) is 11.7 Å². The molecular weight excluding hydrogens is 419 g/mol. The van der Waals surface area contributed by atoms with Gasteiger partial charge in [0, 0.05) is 11.8 Å². The molecule has 3 aromatic rings. The Balaban J connectivity index is 1.34. The van der Waals surface area contributed by atoms with Gasteiger partial charge in [0.2, 0.25) is 0 Å². The van der Waals surface area contributed by atoms with Crippen molar-refractivity contribution in [2.24, 2.45) is 5.92 Å². The summed E-state index contributed by atoms with van der Waals surface area (Å²) in [6, 6.07) is 13.2. The first kappa shape index (κ1) is 21.3. The molecule has 32 heavy (non-hydrogen) atoms. The van der Waals surface area contributed by atoms with E-state index in [-0.39, 0.29) is 29.6 Å². The second kappa shape index (κ2) is 9.46. The number of rotatable bonds is 7. The number of halogens is 1. The van der Waals surface area contributed by atoms with Gasteiger partial charge in [-0.1, -0.05) is 23.3 Å². The lowest BCUT2D eigenvalue weighted by Crippen LogP contribution is -2.27. The number of carboxylic acid groups (broad SMARTS) is 1. The van der Waals surface area contributed by atoms with Crippen LogP contribution in [0.3, 0.4) is 0 Å². The molecular formula is C22H21FN4O5. The minimum atomic E-state index is -0.793. The summed E-state index contributed by atoms with van der Waals surface area (Å²) in [5.74, 6) is -2.59. The van der Waals surface area contributed by atoms with Crippen LogP contribution in [-0.4, -0.2) is 33.3 Å². The average molecular weight is 440 g/mol. The number of carboxylic acids is 1. The number of hydrogen-bond acceptors (Lipinski definition) is 7. The molecule has 4 rings (SSSR count). The van der Waals surface area contributed by atoms with Gasteiger partial charge in [-0.2, -0.15) is 0 Å². The van der Waals surface area contributed by atoms with Crippen LogP contribution in [0.25, 0.3) is 0 Å². The van der Waals surface area contributed by atoms with E-state index in [0.29, 0.717) is 37.1 Å². The van der Waals surface area contributed by atoms with E-state index in [1.807, 2.05) is 18.2 Å². The van der Waals surface area contributed by atoms with Crippen molar-refractivity contribution in [2.45, 2.75) is 31.8 Å². The third kappa shape index (κ3) is 5.20. The highest BCUT2D eigenvalue weighted by atomic mass is 19.1. The predicted molar refractivity (Wildman–Crippen MR) is 112 cm³/mol. The highest BCUT2D eigenvalue weighted by molar-refractivity contribution is 6.01. The minimum Gasteiger partial charge on any atom is -0.490 e. The van der Waals surface area contributed by atoms with Crippen molar-refractivity contribution < 1.29 is 28.2 Å². The molecule has 2 aromatic carbocycles. The Morgan fingerprint density at radius 2 is 1.81 bits per heavy atom. The van der Waals surface area contributed by atoms with Crippen molar-refractivity contribution in [3.63, 3.8) is 0 Å². The van der Waals surface area contributed by atoms with Crippen LogP contribution in [0.1, 0.15) is 36.4 Å². The first-order chi connectivity index (χ1) is 15.5. The number of hydrogen-bond donors (Lipinski definition) is 3. The number of para-hydroxylation sites is 1. The summed E-state index contributed by atoms with van der Waals surface area (Å²) in [7, 11) is 0. The molecule has 166 valence electrons. The quantitative estimate of drug-likeness (QED) is 0.498. The largest absolute Gasteiger partial charge is 0.490 e. The molecule has 3 N–H and O–H groups in total. The first-order valence-electron chi connectivity index (χ1n) is 10.1. The van der Waals surface area contributed by atoms with Crippen molar-refractivity contribution in [1.82, 2.24) is 10.2 Å². The van der Waals surface area contributed by atoms with Gasteiger partial charge in [0.25, 0.3) is 0 Å². The number of anilines is 3. The summed E-state index contributed by atoms with van der Waals surface area (Å²) >= 11 is 0. The number of carbonyl (C=O) groups is 2. The maximum Gasteiger partial charge on any atom is 0.320 e. The second-order valence-corrected chi connectivity index (χ2v) is 7.43. The molecule has 1 fully saturated rings. The maximum atomic E-state index is 14.5. The lowest BCUT2D eigenvalue weighted by Gasteiger charge is -2.26. The van der Waals surface area contributed by atoms with Crippen LogP contribution in [0.2, 0.25) is 0 Å². The van der Waals surface area contributed by atoms with Crippen LogP contribution in [0.5, 0.6) is 5.75 Å². The van der Waals surface area contributed by atoms with Crippen molar-refractivity contribution in [3.05, 3.63) is 60.2 Å². The molecule has 1 aliphatic carbocycles. The fourth-order valence-electron chi connectivity index (χ4n) is 3.48. The lowest BCUT2D eigenvalue weighted by molar-refractivity contribution is -0.143. The molecule has 1 amide bonds. The smallest absolute Gasteiger partial charge is 0.320 e. The molecule has 1 saturated carbocycles. The highest BCUT2D eigenvalue weighted by Gasteiger charge is 2.27. The molecule has 0 spiro atoms. The van der Waals surface area contributed by atoms with Crippen molar-refractivity contribution >= 4 is 29.3 Å². The minimum absolute atomic E-state index is 0.0307. The van der Waals surface area contributed by atoms with Gasteiger partial charge in [0.15, 0.2) is 0 Å². The molecule has 0 saturated heterocycles. The van der Waals surface area contributed by atoms with Gasteiger partial charge in [-0.05, 0) is 49.9 Å². The summed E-state index contributed by atoms with van der Waals surface area (Å²) in [5.41, 5.74) is 0.647. The van der Waals surface area contributed by atoms with Gasteiger partial charge in [-0.15, -0.1) is 5.10 Å². The zero-order valence-corrected chi connectivity index (χ0v) is 17.0. The highest BCUT2D eigenvalue weighted by Crippen LogP contribution is 2.29. The Morgan fingerprint density at radius 1 is 1.06 bits per heavy atom. The summed E-state index contributed by atoms with van der Waals surface area (Å²) in [6.07, 6.45) is 2.07. The molecule has 1 heterocycles. The molecule has 0 radical (unpaired) electrons. The third-order valence-corrected chi connectivity index (χ3v) is 5.16. The summed E-state index contributed by atoms with van der Waals surface area (Å²) in [4.78, 5) is 23.4. The van der Waals surface area contributed by atoms with Crippen LogP contribution in [0.15, 0.2) is 52.9 Å². The number of nitrogens with one attached hydrogen (secondary N) is 2. The number of amides is 1. The molecule has 0 unspecified atom stereocenters. The molecule has 1 aromatic heterocycles.